The summed E-state index contributed by atoms with van der Waals surface area (Å²) >= 11 is 4.58. The number of nitrogens with one attached hydrogen (secondary N) is 1. The number of hydrogen-bond donors (Lipinski definition) is 2. The smallest absolute Gasteiger partial charge is 0.227 e. The number of thiol groups is 1. The lowest BCUT2D eigenvalue weighted by atomic mass is 10.0. The molecule has 1 aliphatic heterocycles. The number of carbonyl (C=O) groups excluding carboxylic acids is 1. The summed E-state index contributed by atoms with van der Waals surface area (Å²) in [6.45, 7) is 2.20. The van der Waals surface area contributed by atoms with Crippen molar-refractivity contribution in [1.82, 2.24) is 15.2 Å². The maximum atomic E-state index is 13.2. The van der Waals surface area contributed by atoms with Crippen LogP contribution < -0.4 is 5.32 Å². The summed E-state index contributed by atoms with van der Waals surface area (Å²) in [5.41, 5.74) is 2.12. The van der Waals surface area contributed by atoms with Crippen molar-refractivity contribution in [1.29, 1.82) is 0 Å². The Hall–Kier alpha value is -2.37. The molecule has 1 N–H and O–H groups in total. The molecule has 4 nitrogen and oxygen atoms in total. The van der Waals surface area contributed by atoms with E-state index in [1.165, 1.54) is 16.3 Å². The molecule has 2 atom stereocenters. The van der Waals surface area contributed by atoms with Gasteiger partial charge in [0.05, 0.1) is 6.42 Å². The summed E-state index contributed by atoms with van der Waals surface area (Å²) < 4.78 is 0. The second kappa shape index (κ2) is 8.76. The largest absolute Gasteiger partial charge is 0.336 e. The highest BCUT2D eigenvalue weighted by Crippen LogP contribution is 2.22. The standard InChI is InChI=1S/C23H25N3OS/c27-23(11-17-5-4-10-24-13-17)26(16-20-12-21(28)14-25-20)15-19-8-3-7-18-6-1-2-9-22(18)19/h1-10,13,20-21,25,28H,11-12,14-16H2/t20-,21-/m0/s1. The molecule has 2 aromatic carbocycles. The van der Waals surface area contributed by atoms with E-state index in [1.807, 2.05) is 23.1 Å². The normalized spacial score (nSPS) is 19.0. The zero-order valence-corrected chi connectivity index (χ0v) is 16.7. The van der Waals surface area contributed by atoms with Crippen LogP contribution in [0.1, 0.15) is 17.5 Å². The zero-order valence-electron chi connectivity index (χ0n) is 15.8. The molecular formula is C23H25N3OS. The average Bonchev–Trinajstić information content (AvgIpc) is 3.13. The molecular weight excluding hydrogens is 366 g/mol. The fraction of sp³-hybridized carbons (Fsp3) is 0.304. The zero-order chi connectivity index (χ0) is 19.3. The predicted molar refractivity (Wildman–Crippen MR) is 116 cm³/mol. The van der Waals surface area contributed by atoms with Gasteiger partial charge in [0.15, 0.2) is 0 Å². The van der Waals surface area contributed by atoms with E-state index in [9.17, 15) is 4.79 Å². The van der Waals surface area contributed by atoms with E-state index in [2.05, 4.69) is 59.3 Å². The van der Waals surface area contributed by atoms with E-state index in [0.717, 1.165) is 18.5 Å². The second-order valence-corrected chi connectivity index (χ2v) is 8.18. The van der Waals surface area contributed by atoms with Crippen molar-refractivity contribution < 1.29 is 4.79 Å². The van der Waals surface area contributed by atoms with Crippen LogP contribution in [0.15, 0.2) is 67.0 Å². The van der Waals surface area contributed by atoms with Crippen molar-refractivity contribution >= 4 is 29.3 Å². The molecule has 0 unspecified atom stereocenters. The van der Waals surface area contributed by atoms with Crippen molar-refractivity contribution in [3.63, 3.8) is 0 Å². The fourth-order valence-electron chi connectivity index (χ4n) is 3.88. The molecule has 0 radical (unpaired) electrons. The van der Waals surface area contributed by atoms with Gasteiger partial charge in [0.2, 0.25) is 5.91 Å². The Morgan fingerprint density at radius 2 is 2.00 bits per heavy atom. The molecule has 0 aliphatic carbocycles. The second-order valence-electron chi connectivity index (χ2n) is 7.45. The molecule has 1 fully saturated rings. The van der Waals surface area contributed by atoms with Gasteiger partial charge in [-0.05, 0) is 34.4 Å². The molecule has 1 aliphatic rings. The molecule has 0 saturated carbocycles. The third kappa shape index (κ3) is 4.54. The number of benzene rings is 2. The summed E-state index contributed by atoms with van der Waals surface area (Å²) in [7, 11) is 0. The molecule has 0 bridgehead atoms. The first kappa shape index (κ1) is 19.0. The minimum Gasteiger partial charge on any atom is -0.336 e. The summed E-state index contributed by atoms with van der Waals surface area (Å²) in [5, 5.41) is 6.26. The number of nitrogens with zero attached hydrogens (tertiary/aromatic N) is 2. The molecule has 5 heteroatoms. The first-order valence-electron chi connectivity index (χ1n) is 9.74. The highest BCUT2D eigenvalue weighted by atomic mass is 32.1. The van der Waals surface area contributed by atoms with Gasteiger partial charge < -0.3 is 10.2 Å². The van der Waals surface area contributed by atoms with E-state index in [-0.39, 0.29) is 11.9 Å². The molecule has 1 saturated heterocycles. The Bertz CT molecular complexity index is 941. The fourth-order valence-corrected chi connectivity index (χ4v) is 4.24. The molecule has 4 rings (SSSR count). The Morgan fingerprint density at radius 1 is 1.14 bits per heavy atom. The maximum Gasteiger partial charge on any atom is 0.227 e. The summed E-state index contributed by atoms with van der Waals surface area (Å²) in [5.74, 6) is 0.130. The van der Waals surface area contributed by atoms with E-state index >= 15 is 0 Å². The Kier molecular flexibility index (Phi) is 5.93. The van der Waals surface area contributed by atoms with Crippen LogP contribution in [0.25, 0.3) is 10.8 Å². The number of hydrogen-bond acceptors (Lipinski definition) is 4. The van der Waals surface area contributed by atoms with Gasteiger partial charge in [-0.25, -0.2) is 0 Å². The lowest BCUT2D eigenvalue weighted by Crippen LogP contribution is -2.41. The van der Waals surface area contributed by atoms with Gasteiger partial charge in [0.1, 0.15) is 0 Å². The Morgan fingerprint density at radius 3 is 2.79 bits per heavy atom. The third-order valence-electron chi connectivity index (χ3n) is 5.31. The average molecular weight is 392 g/mol. The van der Waals surface area contributed by atoms with Crippen molar-refractivity contribution in [2.75, 3.05) is 13.1 Å². The molecule has 3 aromatic rings. The topological polar surface area (TPSA) is 45.2 Å². The van der Waals surface area contributed by atoms with Crippen LogP contribution in [0.2, 0.25) is 0 Å². The monoisotopic (exact) mass is 391 g/mol. The number of aromatic nitrogens is 1. The SMILES string of the molecule is O=C(Cc1cccnc1)N(Cc1cccc2ccccc12)C[C@@H]1C[C@H](S)CN1. The van der Waals surface area contributed by atoms with Gasteiger partial charge in [-0.1, -0.05) is 48.5 Å². The molecule has 28 heavy (non-hydrogen) atoms. The molecule has 0 spiro atoms. The van der Waals surface area contributed by atoms with Gasteiger partial charge in [0.25, 0.3) is 0 Å². The van der Waals surface area contributed by atoms with Crippen LogP contribution in [0, 0.1) is 0 Å². The Labute approximate surface area is 171 Å². The van der Waals surface area contributed by atoms with Gasteiger partial charge in [-0.2, -0.15) is 12.6 Å². The molecule has 144 valence electrons. The first-order valence-corrected chi connectivity index (χ1v) is 10.3. The van der Waals surface area contributed by atoms with Crippen LogP contribution in [-0.2, 0) is 17.8 Å². The van der Waals surface area contributed by atoms with Crippen molar-refractivity contribution in [3.8, 4) is 0 Å². The lowest BCUT2D eigenvalue weighted by molar-refractivity contribution is -0.131. The molecule has 2 heterocycles. The van der Waals surface area contributed by atoms with Gasteiger partial charge in [-0.3, -0.25) is 9.78 Å². The van der Waals surface area contributed by atoms with E-state index < -0.39 is 0 Å². The highest BCUT2D eigenvalue weighted by molar-refractivity contribution is 7.81. The number of carbonyl (C=O) groups is 1. The maximum absolute atomic E-state index is 13.2. The van der Waals surface area contributed by atoms with Crippen molar-refractivity contribution in [2.24, 2.45) is 0 Å². The number of amides is 1. The summed E-state index contributed by atoms with van der Waals surface area (Å²) in [6, 6.07) is 18.8. The summed E-state index contributed by atoms with van der Waals surface area (Å²) in [6.07, 6.45) is 4.85. The Balaban J connectivity index is 1.57. The number of rotatable bonds is 6. The number of pyridine rings is 1. The van der Waals surface area contributed by atoms with Gasteiger partial charge >= 0.3 is 0 Å². The minimum absolute atomic E-state index is 0.130. The van der Waals surface area contributed by atoms with Crippen molar-refractivity contribution in [3.05, 3.63) is 78.1 Å². The van der Waals surface area contributed by atoms with Gasteiger partial charge in [0, 0.05) is 43.3 Å². The van der Waals surface area contributed by atoms with E-state index in [0.29, 0.717) is 24.8 Å². The molecule has 1 amide bonds. The van der Waals surface area contributed by atoms with E-state index in [1.54, 1.807) is 12.4 Å². The van der Waals surface area contributed by atoms with Gasteiger partial charge in [-0.15, -0.1) is 0 Å². The van der Waals surface area contributed by atoms with Crippen LogP contribution in [0.4, 0.5) is 0 Å². The van der Waals surface area contributed by atoms with Crippen LogP contribution in [0.3, 0.4) is 0 Å². The lowest BCUT2D eigenvalue weighted by Gasteiger charge is -2.27. The highest BCUT2D eigenvalue weighted by Gasteiger charge is 2.26. The van der Waals surface area contributed by atoms with Crippen LogP contribution in [0.5, 0.6) is 0 Å². The predicted octanol–water partition coefficient (Wildman–Crippen LogP) is 3.47. The van der Waals surface area contributed by atoms with E-state index in [4.69, 9.17) is 0 Å². The van der Waals surface area contributed by atoms with Crippen LogP contribution in [-0.4, -0.2) is 40.2 Å². The quantitative estimate of drug-likeness (QED) is 0.633. The first-order chi connectivity index (χ1) is 13.7. The third-order valence-corrected chi connectivity index (χ3v) is 5.70. The molecule has 1 aromatic heterocycles. The van der Waals surface area contributed by atoms with Crippen molar-refractivity contribution in [2.45, 2.75) is 30.7 Å². The minimum atomic E-state index is 0.130. The van der Waals surface area contributed by atoms with Crippen LogP contribution >= 0.6 is 12.6 Å². The summed E-state index contributed by atoms with van der Waals surface area (Å²) in [4.78, 5) is 19.3. The number of fused-ring (bicyclic) bond motifs is 1.